The fourth-order valence-electron chi connectivity index (χ4n) is 3.20. The highest BCUT2D eigenvalue weighted by Gasteiger charge is 2.17. The van der Waals surface area contributed by atoms with E-state index >= 15 is 0 Å². The number of para-hydroxylation sites is 2. The number of allylic oxidation sites excluding steroid dienone is 1. The molecule has 3 heterocycles. The van der Waals surface area contributed by atoms with E-state index in [4.69, 9.17) is 16.6 Å². The summed E-state index contributed by atoms with van der Waals surface area (Å²) in [5.41, 5.74) is 4.65. The maximum absolute atomic E-state index is 5.96. The molecule has 0 fully saturated rings. The molecule has 1 aliphatic rings. The van der Waals surface area contributed by atoms with Gasteiger partial charge in [-0.2, -0.15) is 0 Å². The number of benzene rings is 2. The SMILES string of the molecule is Clc1ccc(-n2cc(Cn3c(C4=CCC=N4)nc4ccccc43)nn2)cc1. The number of hydrogen-bond donors (Lipinski definition) is 0. The Morgan fingerprint density at radius 2 is 1.89 bits per heavy atom. The standard InChI is InChI=1S/C20H15ClN6/c21-14-7-9-16(10-8-14)27-13-15(24-25-27)12-26-19-6-2-1-4-17(19)23-20(26)18-5-3-11-22-18/h1-2,4-11,13H,3,12H2. The van der Waals surface area contributed by atoms with Gasteiger partial charge in [-0.15, -0.1) is 5.10 Å². The summed E-state index contributed by atoms with van der Waals surface area (Å²) in [6, 6.07) is 15.6. The van der Waals surface area contributed by atoms with Crippen molar-refractivity contribution >= 4 is 34.5 Å². The highest BCUT2D eigenvalue weighted by atomic mass is 35.5. The largest absolute Gasteiger partial charge is 0.316 e. The molecular formula is C20H15ClN6. The lowest BCUT2D eigenvalue weighted by molar-refractivity contribution is 0.762. The van der Waals surface area contributed by atoms with Gasteiger partial charge in [-0.25, -0.2) is 9.67 Å². The molecule has 4 aromatic rings. The average molecular weight is 375 g/mol. The molecule has 0 saturated carbocycles. The van der Waals surface area contributed by atoms with Crippen molar-refractivity contribution in [1.29, 1.82) is 0 Å². The Morgan fingerprint density at radius 1 is 1.04 bits per heavy atom. The molecule has 132 valence electrons. The van der Waals surface area contributed by atoms with Crippen molar-refractivity contribution in [3.63, 3.8) is 0 Å². The van der Waals surface area contributed by atoms with Crippen LogP contribution in [0.3, 0.4) is 0 Å². The molecule has 2 aromatic heterocycles. The Hall–Kier alpha value is -3.25. The van der Waals surface area contributed by atoms with Crippen LogP contribution in [0.1, 0.15) is 17.9 Å². The molecule has 6 nitrogen and oxygen atoms in total. The molecule has 7 heteroatoms. The number of hydrogen-bond acceptors (Lipinski definition) is 4. The second kappa shape index (κ2) is 6.48. The average Bonchev–Trinajstić information content (AvgIpc) is 3.43. The molecule has 0 spiro atoms. The van der Waals surface area contributed by atoms with Crippen LogP contribution in [0, 0.1) is 0 Å². The van der Waals surface area contributed by atoms with Crippen molar-refractivity contribution in [1.82, 2.24) is 24.5 Å². The summed E-state index contributed by atoms with van der Waals surface area (Å²) in [5, 5.41) is 9.28. The van der Waals surface area contributed by atoms with Crippen molar-refractivity contribution in [3.05, 3.63) is 77.3 Å². The summed E-state index contributed by atoms with van der Waals surface area (Å²) in [7, 11) is 0. The number of aliphatic imine (C=N–C) groups is 1. The van der Waals surface area contributed by atoms with E-state index in [2.05, 4.69) is 32.0 Å². The maximum Gasteiger partial charge on any atom is 0.159 e. The van der Waals surface area contributed by atoms with Crippen LogP contribution in [0.15, 0.2) is 65.8 Å². The zero-order valence-corrected chi connectivity index (χ0v) is 15.1. The molecule has 0 N–H and O–H groups in total. The molecule has 5 rings (SSSR count). The Balaban J connectivity index is 1.54. The van der Waals surface area contributed by atoms with E-state index < -0.39 is 0 Å². The van der Waals surface area contributed by atoms with E-state index in [-0.39, 0.29) is 0 Å². The van der Waals surface area contributed by atoms with E-state index in [1.807, 2.05) is 54.9 Å². The number of imidazole rings is 1. The molecule has 27 heavy (non-hydrogen) atoms. The van der Waals surface area contributed by atoms with Gasteiger partial charge in [-0.05, 0) is 42.5 Å². The first-order chi connectivity index (χ1) is 13.3. The molecule has 0 aliphatic carbocycles. The highest BCUT2D eigenvalue weighted by Crippen LogP contribution is 2.25. The van der Waals surface area contributed by atoms with Gasteiger partial charge in [0.05, 0.1) is 29.5 Å². The lowest BCUT2D eigenvalue weighted by Gasteiger charge is -2.06. The first-order valence-corrected chi connectivity index (χ1v) is 9.01. The van der Waals surface area contributed by atoms with Gasteiger partial charge in [-0.3, -0.25) is 4.99 Å². The minimum Gasteiger partial charge on any atom is -0.316 e. The van der Waals surface area contributed by atoms with Crippen molar-refractivity contribution < 1.29 is 0 Å². The van der Waals surface area contributed by atoms with Crippen molar-refractivity contribution in [3.8, 4) is 5.69 Å². The molecule has 2 aromatic carbocycles. The molecule has 0 radical (unpaired) electrons. The number of aromatic nitrogens is 5. The van der Waals surface area contributed by atoms with E-state index in [0.29, 0.717) is 11.6 Å². The molecule has 0 bridgehead atoms. The van der Waals surface area contributed by atoms with Crippen molar-refractivity contribution in [2.24, 2.45) is 4.99 Å². The summed E-state index contributed by atoms with van der Waals surface area (Å²) >= 11 is 5.96. The molecule has 0 saturated heterocycles. The number of fused-ring (bicyclic) bond motifs is 1. The second-order valence-corrected chi connectivity index (χ2v) is 6.71. The van der Waals surface area contributed by atoms with Crippen LogP contribution in [-0.4, -0.2) is 30.8 Å². The van der Waals surface area contributed by atoms with Crippen LogP contribution >= 0.6 is 11.6 Å². The van der Waals surface area contributed by atoms with Crippen LogP contribution in [0.5, 0.6) is 0 Å². The predicted molar refractivity (Wildman–Crippen MR) is 106 cm³/mol. The second-order valence-electron chi connectivity index (χ2n) is 6.28. The van der Waals surface area contributed by atoms with E-state index in [9.17, 15) is 0 Å². The molecule has 0 amide bonds. The smallest absolute Gasteiger partial charge is 0.159 e. The van der Waals surface area contributed by atoms with Gasteiger partial charge in [0, 0.05) is 17.7 Å². The van der Waals surface area contributed by atoms with Gasteiger partial charge in [-0.1, -0.05) is 28.9 Å². The third kappa shape index (κ3) is 2.94. The Morgan fingerprint density at radius 3 is 2.70 bits per heavy atom. The Bertz CT molecular complexity index is 1180. The Kier molecular flexibility index (Phi) is 3.83. The van der Waals surface area contributed by atoms with Gasteiger partial charge in [0.1, 0.15) is 11.4 Å². The summed E-state index contributed by atoms with van der Waals surface area (Å²) in [6.45, 7) is 0.566. The van der Waals surface area contributed by atoms with Gasteiger partial charge >= 0.3 is 0 Å². The zero-order valence-electron chi connectivity index (χ0n) is 14.3. The van der Waals surface area contributed by atoms with E-state index in [1.165, 1.54) is 0 Å². The van der Waals surface area contributed by atoms with Gasteiger partial charge in [0.25, 0.3) is 0 Å². The minimum absolute atomic E-state index is 0.566. The summed E-state index contributed by atoms with van der Waals surface area (Å²) in [6.07, 6.45) is 6.75. The van der Waals surface area contributed by atoms with Gasteiger partial charge < -0.3 is 4.57 Å². The molecule has 1 aliphatic heterocycles. The molecule has 0 atom stereocenters. The topological polar surface area (TPSA) is 60.9 Å². The van der Waals surface area contributed by atoms with Crippen LogP contribution in [0.25, 0.3) is 22.4 Å². The van der Waals surface area contributed by atoms with Crippen molar-refractivity contribution in [2.75, 3.05) is 0 Å². The fraction of sp³-hybridized carbons (Fsp3) is 0.100. The van der Waals surface area contributed by atoms with Crippen LogP contribution in [-0.2, 0) is 6.54 Å². The van der Waals surface area contributed by atoms with Gasteiger partial charge in [0.15, 0.2) is 5.82 Å². The minimum atomic E-state index is 0.566. The number of halogens is 1. The number of nitrogens with zero attached hydrogens (tertiary/aromatic N) is 6. The predicted octanol–water partition coefficient (Wildman–Crippen LogP) is 4.13. The number of rotatable bonds is 4. The Labute approximate surface area is 160 Å². The fourth-order valence-corrected chi connectivity index (χ4v) is 3.33. The first kappa shape index (κ1) is 16.0. The highest BCUT2D eigenvalue weighted by molar-refractivity contribution is 6.30. The van der Waals surface area contributed by atoms with Crippen molar-refractivity contribution in [2.45, 2.75) is 13.0 Å². The van der Waals surface area contributed by atoms with Gasteiger partial charge in [0.2, 0.25) is 0 Å². The normalized spacial score (nSPS) is 13.4. The summed E-state index contributed by atoms with van der Waals surface area (Å²) in [5.74, 6) is 0.853. The van der Waals surface area contributed by atoms with Crippen LogP contribution in [0.2, 0.25) is 5.02 Å². The van der Waals surface area contributed by atoms with E-state index in [1.54, 1.807) is 4.68 Å². The molecule has 0 unspecified atom stereocenters. The first-order valence-electron chi connectivity index (χ1n) is 8.63. The van der Waals surface area contributed by atoms with Crippen LogP contribution < -0.4 is 0 Å². The molecular weight excluding hydrogens is 360 g/mol. The monoisotopic (exact) mass is 374 g/mol. The third-order valence-electron chi connectivity index (χ3n) is 4.48. The lowest BCUT2D eigenvalue weighted by atomic mass is 10.3. The maximum atomic E-state index is 5.96. The zero-order chi connectivity index (χ0) is 18.2. The summed E-state index contributed by atoms with van der Waals surface area (Å²) in [4.78, 5) is 9.24. The lowest BCUT2D eigenvalue weighted by Crippen LogP contribution is -2.04. The van der Waals surface area contributed by atoms with E-state index in [0.717, 1.165) is 40.4 Å². The quantitative estimate of drug-likeness (QED) is 0.539. The third-order valence-corrected chi connectivity index (χ3v) is 4.73. The van der Waals surface area contributed by atoms with Crippen LogP contribution in [0.4, 0.5) is 0 Å². The summed E-state index contributed by atoms with van der Waals surface area (Å²) < 4.78 is 3.89.